The first-order chi connectivity index (χ1) is 11.3. The van der Waals surface area contributed by atoms with Crippen LogP contribution in [0.4, 0.5) is 10.5 Å². The summed E-state index contributed by atoms with van der Waals surface area (Å²) in [6.07, 6.45) is 1.31. The molecule has 124 valence electrons. The number of pyridine rings is 1. The summed E-state index contributed by atoms with van der Waals surface area (Å²) in [5, 5.41) is 7.39. The van der Waals surface area contributed by atoms with Gasteiger partial charge in [-0.15, -0.1) is 0 Å². The summed E-state index contributed by atoms with van der Waals surface area (Å²) in [5.74, 6) is 0. The minimum Gasteiger partial charge on any atom is -0.444 e. The van der Waals surface area contributed by atoms with Gasteiger partial charge in [0.25, 0.3) is 0 Å². The quantitative estimate of drug-likeness (QED) is 0.746. The molecule has 2 heterocycles. The summed E-state index contributed by atoms with van der Waals surface area (Å²) in [4.78, 5) is 11.9. The first-order valence-electron chi connectivity index (χ1n) is 7.88. The van der Waals surface area contributed by atoms with Crippen LogP contribution in [0.3, 0.4) is 0 Å². The highest BCUT2D eigenvalue weighted by atomic mass is 16.6. The van der Waals surface area contributed by atoms with E-state index in [1.165, 1.54) is 0 Å². The molecule has 0 aliphatic carbocycles. The van der Waals surface area contributed by atoms with Gasteiger partial charge in [0.05, 0.1) is 23.1 Å². The average molecular weight is 323 g/mol. The number of amides is 1. The smallest absolute Gasteiger partial charge is 0.412 e. The molecule has 2 aromatic heterocycles. The fourth-order valence-corrected chi connectivity index (χ4v) is 2.54. The van der Waals surface area contributed by atoms with Crippen molar-refractivity contribution in [3.05, 3.63) is 54.2 Å². The van der Waals surface area contributed by atoms with Gasteiger partial charge in [-0.25, -0.2) is 9.31 Å². The lowest BCUT2D eigenvalue weighted by atomic mass is 10.1. The molecule has 0 unspecified atom stereocenters. The highest BCUT2D eigenvalue weighted by molar-refractivity contribution is 5.85. The predicted molar refractivity (Wildman–Crippen MR) is 95.2 cm³/mol. The van der Waals surface area contributed by atoms with Crippen LogP contribution in [0.2, 0.25) is 0 Å². The Morgan fingerprint density at radius 3 is 2.50 bits per heavy atom. The minimum absolute atomic E-state index is 0.478. The average Bonchev–Trinajstić information content (AvgIpc) is 2.83. The Morgan fingerprint density at radius 1 is 1.12 bits per heavy atom. The molecule has 24 heavy (non-hydrogen) atoms. The van der Waals surface area contributed by atoms with Crippen molar-refractivity contribution >= 4 is 17.3 Å². The van der Waals surface area contributed by atoms with Crippen LogP contribution in [-0.2, 0) is 4.74 Å². The second kappa shape index (κ2) is 6.00. The van der Waals surface area contributed by atoms with Crippen LogP contribution in [0.25, 0.3) is 16.8 Å². The number of carbonyl (C=O) groups is 1. The number of hydrogen-bond donors (Lipinski definition) is 1. The Bertz CT molecular complexity index is 877. The third kappa shape index (κ3) is 3.40. The van der Waals surface area contributed by atoms with Crippen molar-refractivity contribution in [3.8, 4) is 11.3 Å². The summed E-state index contributed by atoms with van der Waals surface area (Å²) in [5.41, 5.74) is 4.22. The molecule has 0 saturated carbocycles. The number of fused-ring (bicyclic) bond motifs is 1. The van der Waals surface area contributed by atoms with E-state index in [9.17, 15) is 4.79 Å². The Kier molecular flexibility index (Phi) is 4.01. The molecule has 0 fully saturated rings. The number of benzene rings is 1. The fraction of sp³-hybridized carbons (Fsp3) is 0.263. The molecule has 0 atom stereocenters. The number of nitrogens with zero attached hydrogens (tertiary/aromatic N) is 2. The van der Waals surface area contributed by atoms with E-state index in [1.54, 1.807) is 10.7 Å². The predicted octanol–water partition coefficient (Wildman–Crippen LogP) is 4.66. The van der Waals surface area contributed by atoms with Crippen LogP contribution in [0.15, 0.2) is 48.7 Å². The van der Waals surface area contributed by atoms with Gasteiger partial charge in [0.15, 0.2) is 0 Å². The molecule has 5 heteroatoms. The van der Waals surface area contributed by atoms with Gasteiger partial charge in [0.1, 0.15) is 5.60 Å². The first-order valence-corrected chi connectivity index (χ1v) is 7.88. The Labute approximate surface area is 141 Å². The van der Waals surface area contributed by atoms with Crippen molar-refractivity contribution < 1.29 is 9.53 Å². The van der Waals surface area contributed by atoms with Crippen molar-refractivity contribution in [1.82, 2.24) is 9.61 Å². The molecule has 1 aromatic carbocycles. The summed E-state index contributed by atoms with van der Waals surface area (Å²) in [7, 11) is 0. The van der Waals surface area contributed by atoms with Gasteiger partial charge < -0.3 is 4.74 Å². The van der Waals surface area contributed by atoms with Gasteiger partial charge in [-0.1, -0.05) is 30.3 Å². The van der Waals surface area contributed by atoms with E-state index in [0.29, 0.717) is 5.69 Å². The molecule has 0 aliphatic heterocycles. The Hall–Kier alpha value is -2.82. The van der Waals surface area contributed by atoms with E-state index in [4.69, 9.17) is 4.74 Å². The van der Waals surface area contributed by atoms with E-state index < -0.39 is 11.7 Å². The van der Waals surface area contributed by atoms with Gasteiger partial charge in [-0.3, -0.25) is 5.32 Å². The second-order valence-electron chi connectivity index (χ2n) is 6.71. The number of hydrogen-bond acceptors (Lipinski definition) is 3. The van der Waals surface area contributed by atoms with Crippen molar-refractivity contribution in [2.24, 2.45) is 0 Å². The monoisotopic (exact) mass is 323 g/mol. The van der Waals surface area contributed by atoms with E-state index in [0.717, 1.165) is 22.3 Å². The lowest BCUT2D eigenvalue weighted by Gasteiger charge is -2.19. The molecule has 1 N–H and O–H groups in total. The number of aryl methyl sites for hydroxylation is 1. The molecule has 0 spiro atoms. The molecule has 3 rings (SSSR count). The SMILES string of the molecule is Cc1c(-c2ccccc2)nn2cc(NC(=O)OC(C)(C)C)ccc12. The molecule has 0 aliphatic rings. The standard InChI is InChI=1S/C19H21N3O2/c1-13-16-11-10-15(20-18(23)24-19(2,3)4)12-22(16)21-17(13)14-8-6-5-7-9-14/h5-12H,1-4H3,(H,20,23). The van der Waals surface area contributed by atoms with E-state index in [2.05, 4.69) is 10.4 Å². The molecule has 0 saturated heterocycles. The molecule has 5 nitrogen and oxygen atoms in total. The van der Waals surface area contributed by atoms with Gasteiger partial charge in [-0.05, 0) is 39.8 Å². The van der Waals surface area contributed by atoms with Crippen LogP contribution in [-0.4, -0.2) is 21.3 Å². The zero-order valence-electron chi connectivity index (χ0n) is 14.3. The second-order valence-corrected chi connectivity index (χ2v) is 6.71. The van der Waals surface area contributed by atoms with Gasteiger partial charge in [0, 0.05) is 11.1 Å². The summed E-state index contributed by atoms with van der Waals surface area (Å²) in [6, 6.07) is 13.8. The number of aromatic nitrogens is 2. The third-order valence-electron chi connectivity index (χ3n) is 3.57. The summed E-state index contributed by atoms with van der Waals surface area (Å²) >= 11 is 0. The van der Waals surface area contributed by atoms with Gasteiger partial charge in [0.2, 0.25) is 0 Å². The van der Waals surface area contributed by atoms with Crippen molar-refractivity contribution in [2.45, 2.75) is 33.3 Å². The maximum atomic E-state index is 11.9. The first kappa shape index (κ1) is 16.1. The molecular weight excluding hydrogens is 302 g/mol. The summed E-state index contributed by atoms with van der Waals surface area (Å²) in [6.45, 7) is 7.54. The molecule has 1 amide bonds. The van der Waals surface area contributed by atoms with Crippen molar-refractivity contribution in [3.63, 3.8) is 0 Å². The summed E-state index contributed by atoms with van der Waals surface area (Å²) < 4.78 is 7.05. The zero-order chi connectivity index (χ0) is 17.3. The van der Waals surface area contributed by atoms with Crippen LogP contribution >= 0.6 is 0 Å². The van der Waals surface area contributed by atoms with E-state index in [1.807, 2.05) is 70.2 Å². The van der Waals surface area contributed by atoms with Crippen LogP contribution in [0.5, 0.6) is 0 Å². The van der Waals surface area contributed by atoms with E-state index >= 15 is 0 Å². The van der Waals surface area contributed by atoms with Gasteiger partial charge in [-0.2, -0.15) is 5.10 Å². The topological polar surface area (TPSA) is 55.6 Å². The normalized spacial score (nSPS) is 11.5. The lowest BCUT2D eigenvalue weighted by Crippen LogP contribution is -2.27. The van der Waals surface area contributed by atoms with Crippen LogP contribution in [0.1, 0.15) is 26.3 Å². The largest absolute Gasteiger partial charge is 0.444 e. The number of carbonyl (C=O) groups excluding carboxylic acids is 1. The number of ether oxygens (including phenoxy) is 1. The van der Waals surface area contributed by atoms with Crippen LogP contribution < -0.4 is 5.32 Å². The fourth-order valence-electron chi connectivity index (χ4n) is 2.54. The molecule has 0 radical (unpaired) electrons. The molecule has 3 aromatic rings. The molecular formula is C19H21N3O2. The minimum atomic E-state index is -0.531. The van der Waals surface area contributed by atoms with Crippen molar-refractivity contribution in [2.75, 3.05) is 5.32 Å². The third-order valence-corrected chi connectivity index (χ3v) is 3.57. The highest BCUT2D eigenvalue weighted by Gasteiger charge is 2.17. The number of anilines is 1. The van der Waals surface area contributed by atoms with Crippen LogP contribution in [0, 0.1) is 6.92 Å². The van der Waals surface area contributed by atoms with Gasteiger partial charge >= 0.3 is 6.09 Å². The number of rotatable bonds is 2. The van der Waals surface area contributed by atoms with E-state index in [-0.39, 0.29) is 0 Å². The Morgan fingerprint density at radius 2 is 1.83 bits per heavy atom. The Balaban J connectivity index is 1.91. The number of nitrogens with one attached hydrogen (secondary N) is 1. The maximum Gasteiger partial charge on any atom is 0.412 e. The maximum absolute atomic E-state index is 11.9. The lowest BCUT2D eigenvalue weighted by molar-refractivity contribution is 0.0636. The molecule has 0 bridgehead atoms. The zero-order valence-corrected chi connectivity index (χ0v) is 14.3. The van der Waals surface area contributed by atoms with Crippen molar-refractivity contribution in [1.29, 1.82) is 0 Å². The highest BCUT2D eigenvalue weighted by Crippen LogP contribution is 2.26.